The maximum Gasteiger partial charge on any atom is 0.258 e. The number of nitrogens with two attached hydrogens (primary N) is 1. The van der Waals surface area contributed by atoms with Gasteiger partial charge in [-0.2, -0.15) is 5.10 Å². The molecule has 7 heteroatoms. The smallest absolute Gasteiger partial charge is 0.258 e. The Balaban J connectivity index is 1.93. The standard InChI is InChI=1S/C14H24N4O2S/c1-13(2)10-4-5-14(3,6-10)12(13)18-21(19,20)11-9(7-15)8-16-17-11/h8,10,12,18H,4-7,15H2,1-3H3,(H,16,17). The minimum Gasteiger partial charge on any atom is -0.326 e. The second kappa shape index (κ2) is 4.54. The van der Waals surface area contributed by atoms with Crippen LogP contribution in [0.4, 0.5) is 0 Å². The molecule has 0 spiro atoms. The van der Waals surface area contributed by atoms with Crippen LogP contribution in [0.2, 0.25) is 0 Å². The fourth-order valence-electron chi connectivity index (χ4n) is 4.49. The van der Waals surface area contributed by atoms with E-state index in [1.165, 1.54) is 12.6 Å². The number of hydrogen-bond donors (Lipinski definition) is 3. The van der Waals surface area contributed by atoms with Crippen molar-refractivity contribution in [2.75, 3.05) is 0 Å². The number of rotatable bonds is 4. The molecule has 1 aromatic heterocycles. The van der Waals surface area contributed by atoms with Crippen LogP contribution in [0.1, 0.15) is 45.6 Å². The minimum absolute atomic E-state index is 0.0248. The van der Waals surface area contributed by atoms with E-state index in [4.69, 9.17) is 5.73 Å². The molecule has 3 rings (SSSR count). The molecule has 0 aliphatic heterocycles. The van der Waals surface area contributed by atoms with Gasteiger partial charge in [-0.05, 0) is 36.0 Å². The quantitative estimate of drug-likeness (QED) is 0.781. The molecule has 0 radical (unpaired) electrons. The van der Waals surface area contributed by atoms with Crippen molar-refractivity contribution in [1.29, 1.82) is 0 Å². The van der Waals surface area contributed by atoms with Gasteiger partial charge in [-0.1, -0.05) is 20.8 Å². The lowest BCUT2D eigenvalue weighted by molar-refractivity contribution is 0.127. The first-order valence-electron chi connectivity index (χ1n) is 7.45. The zero-order valence-electron chi connectivity index (χ0n) is 12.8. The first kappa shape index (κ1) is 15.0. The minimum atomic E-state index is -3.62. The number of nitrogens with one attached hydrogen (secondary N) is 2. The molecule has 0 saturated heterocycles. The van der Waals surface area contributed by atoms with Crippen LogP contribution in [0.25, 0.3) is 0 Å². The van der Waals surface area contributed by atoms with Gasteiger partial charge in [0.2, 0.25) is 0 Å². The molecule has 0 amide bonds. The Bertz CT molecular complexity index is 647. The zero-order chi connectivity index (χ0) is 15.5. The number of hydrogen-bond acceptors (Lipinski definition) is 4. The van der Waals surface area contributed by atoms with Crippen LogP contribution in [0, 0.1) is 16.7 Å². The normalized spacial score (nSPS) is 34.5. The predicted molar refractivity (Wildman–Crippen MR) is 79.8 cm³/mol. The summed E-state index contributed by atoms with van der Waals surface area (Å²) in [5.74, 6) is 0.589. The average molecular weight is 312 g/mol. The van der Waals surface area contributed by atoms with Crippen molar-refractivity contribution < 1.29 is 8.42 Å². The van der Waals surface area contributed by atoms with Crippen molar-refractivity contribution in [1.82, 2.24) is 14.9 Å². The molecule has 6 nitrogen and oxygen atoms in total. The van der Waals surface area contributed by atoms with Crippen LogP contribution in [0.3, 0.4) is 0 Å². The van der Waals surface area contributed by atoms with Crippen LogP contribution in [-0.4, -0.2) is 24.7 Å². The van der Waals surface area contributed by atoms with E-state index in [1.54, 1.807) is 0 Å². The summed E-state index contributed by atoms with van der Waals surface area (Å²) in [6.07, 6.45) is 4.85. The molecule has 2 bridgehead atoms. The maximum absolute atomic E-state index is 12.7. The molecule has 118 valence electrons. The summed E-state index contributed by atoms with van der Waals surface area (Å²) in [5.41, 5.74) is 6.13. The Morgan fingerprint density at radius 3 is 2.76 bits per heavy atom. The Hall–Kier alpha value is -0.920. The van der Waals surface area contributed by atoms with Crippen molar-refractivity contribution in [2.24, 2.45) is 22.5 Å². The number of H-pyrrole nitrogens is 1. The Labute approximate surface area is 125 Å². The van der Waals surface area contributed by atoms with Crippen molar-refractivity contribution in [3.8, 4) is 0 Å². The van der Waals surface area contributed by atoms with E-state index in [9.17, 15) is 8.42 Å². The molecule has 0 aromatic carbocycles. The molecule has 3 unspecified atom stereocenters. The third-order valence-electron chi connectivity index (χ3n) is 5.71. The van der Waals surface area contributed by atoms with Crippen molar-refractivity contribution in [3.63, 3.8) is 0 Å². The van der Waals surface area contributed by atoms with Gasteiger partial charge in [-0.3, -0.25) is 5.10 Å². The summed E-state index contributed by atoms with van der Waals surface area (Å²) in [6, 6.07) is -0.0531. The summed E-state index contributed by atoms with van der Waals surface area (Å²) in [4.78, 5) is 0. The Kier molecular flexibility index (Phi) is 3.24. The van der Waals surface area contributed by atoms with Crippen molar-refractivity contribution >= 4 is 10.0 Å². The van der Waals surface area contributed by atoms with Gasteiger partial charge in [-0.25, -0.2) is 13.1 Å². The summed E-state index contributed by atoms with van der Waals surface area (Å²) < 4.78 is 28.3. The number of aromatic nitrogens is 2. The Morgan fingerprint density at radius 1 is 1.48 bits per heavy atom. The van der Waals surface area contributed by atoms with E-state index in [-0.39, 0.29) is 28.4 Å². The summed E-state index contributed by atoms with van der Waals surface area (Å²) >= 11 is 0. The largest absolute Gasteiger partial charge is 0.326 e. The van der Waals surface area contributed by atoms with E-state index in [1.807, 2.05) is 0 Å². The van der Waals surface area contributed by atoms with Gasteiger partial charge in [-0.15, -0.1) is 0 Å². The van der Waals surface area contributed by atoms with Gasteiger partial charge < -0.3 is 5.73 Å². The predicted octanol–water partition coefficient (Wildman–Crippen LogP) is 1.36. The maximum atomic E-state index is 12.7. The van der Waals surface area contributed by atoms with Crippen LogP contribution in [-0.2, 0) is 16.6 Å². The SMILES string of the molecule is CC12CCC(C1)C(C)(C)C2NS(=O)(=O)c1[nH]ncc1CN. The summed E-state index contributed by atoms with van der Waals surface area (Å²) in [7, 11) is -3.62. The number of fused-ring (bicyclic) bond motifs is 2. The van der Waals surface area contributed by atoms with Gasteiger partial charge in [0.25, 0.3) is 10.0 Å². The highest BCUT2D eigenvalue weighted by molar-refractivity contribution is 7.89. The van der Waals surface area contributed by atoms with Crippen LogP contribution in [0.15, 0.2) is 11.2 Å². The summed E-state index contributed by atoms with van der Waals surface area (Å²) in [6.45, 7) is 6.70. The third-order valence-corrected chi connectivity index (χ3v) is 7.15. The lowest BCUT2D eigenvalue weighted by Gasteiger charge is -2.42. The van der Waals surface area contributed by atoms with E-state index < -0.39 is 10.0 Å². The van der Waals surface area contributed by atoms with Crippen LogP contribution in [0.5, 0.6) is 0 Å². The topological polar surface area (TPSA) is 101 Å². The Morgan fingerprint density at radius 2 is 2.19 bits per heavy atom. The van der Waals surface area contributed by atoms with Gasteiger partial charge >= 0.3 is 0 Å². The first-order chi connectivity index (χ1) is 9.71. The van der Waals surface area contributed by atoms with Gasteiger partial charge in [0.05, 0.1) is 6.20 Å². The number of nitrogens with zero attached hydrogens (tertiary/aromatic N) is 1. The molecule has 3 atom stereocenters. The van der Waals surface area contributed by atoms with E-state index in [2.05, 4.69) is 35.7 Å². The lowest BCUT2D eigenvalue weighted by Crippen LogP contribution is -2.52. The average Bonchev–Trinajstić information content (AvgIpc) is 3.05. The molecule has 4 N–H and O–H groups in total. The molecule has 2 aliphatic rings. The van der Waals surface area contributed by atoms with Crippen molar-refractivity contribution in [2.45, 2.75) is 57.6 Å². The van der Waals surface area contributed by atoms with Gasteiger partial charge in [0, 0.05) is 18.2 Å². The monoisotopic (exact) mass is 312 g/mol. The zero-order valence-corrected chi connectivity index (χ0v) is 13.6. The highest BCUT2D eigenvalue weighted by atomic mass is 32.2. The number of sulfonamides is 1. The molecular weight excluding hydrogens is 288 g/mol. The van der Waals surface area contributed by atoms with Crippen LogP contribution >= 0.6 is 0 Å². The fourth-order valence-corrected chi connectivity index (χ4v) is 6.16. The highest BCUT2D eigenvalue weighted by Crippen LogP contribution is 2.62. The lowest BCUT2D eigenvalue weighted by atomic mass is 9.69. The third kappa shape index (κ3) is 2.13. The molecule has 1 heterocycles. The van der Waals surface area contributed by atoms with E-state index >= 15 is 0 Å². The second-order valence-electron chi connectivity index (χ2n) is 7.40. The second-order valence-corrected chi connectivity index (χ2v) is 9.05. The number of aromatic amines is 1. The van der Waals surface area contributed by atoms with E-state index in [0.29, 0.717) is 11.5 Å². The first-order valence-corrected chi connectivity index (χ1v) is 8.94. The highest BCUT2D eigenvalue weighted by Gasteiger charge is 2.60. The molecule has 1 aromatic rings. The van der Waals surface area contributed by atoms with Crippen LogP contribution < -0.4 is 10.5 Å². The van der Waals surface area contributed by atoms with Gasteiger partial charge in [0.1, 0.15) is 0 Å². The molecule has 2 fully saturated rings. The van der Waals surface area contributed by atoms with Gasteiger partial charge in [0.15, 0.2) is 5.03 Å². The molecule has 2 saturated carbocycles. The molecule has 21 heavy (non-hydrogen) atoms. The molecule has 2 aliphatic carbocycles. The van der Waals surface area contributed by atoms with Crippen molar-refractivity contribution in [3.05, 3.63) is 11.8 Å². The summed E-state index contributed by atoms with van der Waals surface area (Å²) in [5, 5.41) is 6.49. The van der Waals surface area contributed by atoms with E-state index in [0.717, 1.165) is 12.8 Å². The molecular formula is C14H24N4O2S. The fraction of sp³-hybridized carbons (Fsp3) is 0.786.